The lowest BCUT2D eigenvalue weighted by Gasteiger charge is -2.14. The van der Waals surface area contributed by atoms with Crippen LogP contribution in [0.25, 0.3) is 0 Å². The molecule has 0 aliphatic heterocycles. The number of pyridine rings is 1. The van der Waals surface area contributed by atoms with Gasteiger partial charge in [0.2, 0.25) is 0 Å². The number of ether oxygens (including phenoxy) is 3. The molecule has 0 fully saturated rings. The third-order valence-corrected chi connectivity index (χ3v) is 4.75. The molecule has 1 N–H and O–H groups in total. The minimum Gasteiger partial charge on any atom is -0.493 e. The minimum atomic E-state index is -0.211. The molecule has 1 amide bonds. The first kappa shape index (κ1) is 22.3. The summed E-state index contributed by atoms with van der Waals surface area (Å²) < 4.78 is 16.9. The number of carbonyl (C=O) groups excluding carboxylic acids is 1. The molecule has 1 unspecified atom stereocenters. The Bertz CT molecular complexity index is 1020. The minimum absolute atomic E-state index is 0.105. The van der Waals surface area contributed by atoms with Gasteiger partial charge in [-0.15, -0.1) is 0 Å². The van der Waals surface area contributed by atoms with E-state index in [1.165, 1.54) is 0 Å². The molecule has 0 aliphatic carbocycles. The van der Waals surface area contributed by atoms with Gasteiger partial charge in [-0.3, -0.25) is 9.78 Å². The summed E-state index contributed by atoms with van der Waals surface area (Å²) in [5.74, 6) is 1.71. The molecule has 162 valence electrons. The van der Waals surface area contributed by atoms with Crippen LogP contribution in [0.2, 0.25) is 0 Å². The predicted molar refractivity (Wildman–Crippen MR) is 121 cm³/mol. The fraction of sp³-hybridized carbons (Fsp3) is 0.280. The molecule has 0 bridgehead atoms. The molecule has 6 nitrogen and oxygen atoms in total. The number of hydrogen-bond acceptors (Lipinski definition) is 5. The van der Waals surface area contributed by atoms with Crippen molar-refractivity contribution < 1.29 is 19.0 Å². The van der Waals surface area contributed by atoms with E-state index in [2.05, 4.69) is 17.2 Å². The summed E-state index contributed by atoms with van der Waals surface area (Å²) in [6.07, 6.45) is 0.846. The van der Waals surface area contributed by atoms with Crippen LogP contribution in [0.4, 0.5) is 5.69 Å². The van der Waals surface area contributed by atoms with E-state index in [9.17, 15) is 4.79 Å². The zero-order valence-corrected chi connectivity index (χ0v) is 18.3. The lowest BCUT2D eigenvalue weighted by atomic mass is 10.1. The molecule has 31 heavy (non-hydrogen) atoms. The summed E-state index contributed by atoms with van der Waals surface area (Å²) in [7, 11) is 1.60. The predicted octanol–water partition coefficient (Wildman–Crippen LogP) is 5.93. The largest absolute Gasteiger partial charge is 0.493 e. The highest BCUT2D eigenvalue weighted by molar-refractivity contribution is 6.05. The molecule has 1 atom stereocenters. The Morgan fingerprint density at radius 3 is 2.39 bits per heavy atom. The lowest BCUT2D eigenvalue weighted by Crippen LogP contribution is -2.15. The summed E-state index contributed by atoms with van der Waals surface area (Å²) in [6, 6.07) is 18.2. The van der Waals surface area contributed by atoms with Crippen LogP contribution < -0.4 is 14.8 Å². The number of para-hydroxylation sites is 2. The highest BCUT2D eigenvalue weighted by atomic mass is 16.5. The van der Waals surface area contributed by atoms with Crippen LogP contribution in [0.3, 0.4) is 0 Å². The van der Waals surface area contributed by atoms with Gasteiger partial charge < -0.3 is 19.5 Å². The number of carbonyl (C=O) groups is 1. The second-order valence-corrected chi connectivity index (χ2v) is 7.11. The van der Waals surface area contributed by atoms with Crippen LogP contribution in [-0.2, 0) is 4.74 Å². The summed E-state index contributed by atoms with van der Waals surface area (Å²) in [5.41, 5.74) is 2.68. The van der Waals surface area contributed by atoms with E-state index in [1.807, 2.05) is 44.2 Å². The van der Waals surface area contributed by atoms with E-state index >= 15 is 0 Å². The van der Waals surface area contributed by atoms with E-state index < -0.39 is 0 Å². The Hall–Kier alpha value is -3.38. The molecule has 6 heteroatoms. The van der Waals surface area contributed by atoms with Gasteiger partial charge in [0.25, 0.3) is 5.91 Å². The number of amides is 1. The normalized spacial score (nSPS) is 11.6. The van der Waals surface area contributed by atoms with Crippen molar-refractivity contribution in [3.05, 3.63) is 77.6 Å². The highest BCUT2D eigenvalue weighted by Crippen LogP contribution is 2.31. The number of aromatic nitrogens is 1. The standard InChI is InChI=1S/C25H28N2O4/c1-5-16-30-18(3)22-15-14-21(17(2)26-22)25(28)27-19-10-12-20(13-11-19)31-24-9-7-6-8-23(24)29-4/h6-15,18H,5,16H2,1-4H3,(H,27,28). The van der Waals surface area contributed by atoms with Crippen molar-refractivity contribution in [2.24, 2.45) is 0 Å². The Labute approximate surface area is 183 Å². The van der Waals surface area contributed by atoms with Gasteiger partial charge in [-0.2, -0.15) is 0 Å². The van der Waals surface area contributed by atoms with Gasteiger partial charge in [-0.05, 0) is 68.8 Å². The van der Waals surface area contributed by atoms with Crippen LogP contribution in [0.5, 0.6) is 17.2 Å². The molecule has 0 radical (unpaired) electrons. The average Bonchev–Trinajstić information content (AvgIpc) is 2.79. The molecule has 3 rings (SSSR count). The zero-order chi connectivity index (χ0) is 22.2. The Kier molecular flexibility index (Phi) is 7.62. The number of nitrogens with zero attached hydrogens (tertiary/aromatic N) is 1. The number of hydrogen-bond donors (Lipinski definition) is 1. The lowest BCUT2D eigenvalue weighted by molar-refractivity contribution is 0.0632. The third kappa shape index (κ3) is 5.83. The third-order valence-electron chi connectivity index (χ3n) is 4.75. The molecule has 1 aromatic heterocycles. The molecule has 0 saturated heterocycles. The Morgan fingerprint density at radius 2 is 1.74 bits per heavy atom. The molecule has 0 spiro atoms. The van der Waals surface area contributed by atoms with Gasteiger partial charge in [0.05, 0.1) is 30.2 Å². The van der Waals surface area contributed by atoms with E-state index in [0.29, 0.717) is 40.8 Å². The van der Waals surface area contributed by atoms with E-state index in [0.717, 1.165) is 12.1 Å². The number of rotatable bonds is 9. The van der Waals surface area contributed by atoms with Crippen molar-refractivity contribution in [1.29, 1.82) is 0 Å². The van der Waals surface area contributed by atoms with E-state index in [-0.39, 0.29) is 12.0 Å². The fourth-order valence-electron chi connectivity index (χ4n) is 3.06. The summed E-state index contributed by atoms with van der Waals surface area (Å²) in [5, 5.41) is 2.91. The number of aryl methyl sites for hydroxylation is 1. The summed E-state index contributed by atoms with van der Waals surface area (Å²) >= 11 is 0. The SMILES string of the molecule is CCCOC(C)c1ccc(C(=O)Nc2ccc(Oc3ccccc3OC)cc2)c(C)n1. The molecule has 0 saturated carbocycles. The number of anilines is 1. The monoisotopic (exact) mass is 420 g/mol. The van der Waals surface area contributed by atoms with Crippen molar-refractivity contribution in [1.82, 2.24) is 4.98 Å². The first-order chi connectivity index (χ1) is 15.0. The quantitative estimate of drug-likeness (QED) is 0.464. The Morgan fingerprint density at radius 1 is 1.03 bits per heavy atom. The maximum atomic E-state index is 12.7. The van der Waals surface area contributed by atoms with Crippen molar-refractivity contribution in [3.63, 3.8) is 0 Å². The van der Waals surface area contributed by atoms with Gasteiger partial charge in [0.15, 0.2) is 11.5 Å². The first-order valence-electron chi connectivity index (χ1n) is 10.3. The highest BCUT2D eigenvalue weighted by Gasteiger charge is 2.14. The van der Waals surface area contributed by atoms with Crippen molar-refractivity contribution in [3.8, 4) is 17.2 Å². The van der Waals surface area contributed by atoms with Gasteiger partial charge >= 0.3 is 0 Å². The molecule has 0 aliphatic rings. The van der Waals surface area contributed by atoms with Crippen LogP contribution in [0.15, 0.2) is 60.7 Å². The van der Waals surface area contributed by atoms with Crippen LogP contribution >= 0.6 is 0 Å². The fourth-order valence-corrected chi connectivity index (χ4v) is 3.06. The smallest absolute Gasteiger partial charge is 0.257 e. The van der Waals surface area contributed by atoms with E-state index in [4.69, 9.17) is 14.2 Å². The summed E-state index contributed by atoms with van der Waals surface area (Å²) in [6.45, 7) is 6.54. The molecule has 1 heterocycles. The van der Waals surface area contributed by atoms with Gasteiger partial charge in [0.1, 0.15) is 5.75 Å². The second-order valence-electron chi connectivity index (χ2n) is 7.11. The van der Waals surface area contributed by atoms with Crippen molar-refractivity contribution >= 4 is 11.6 Å². The second kappa shape index (κ2) is 10.6. The molecular weight excluding hydrogens is 392 g/mol. The van der Waals surface area contributed by atoms with Gasteiger partial charge in [-0.25, -0.2) is 0 Å². The maximum absolute atomic E-state index is 12.7. The maximum Gasteiger partial charge on any atom is 0.257 e. The van der Waals surface area contributed by atoms with Crippen LogP contribution in [-0.4, -0.2) is 24.6 Å². The molecule has 3 aromatic rings. The van der Waals surface area contributed by atoms with Crippen LogP contribution in [0.1, 0.15) is 48.1 Å². The molecule has 2 aromatic carbocycles. The molecular formula is C25H28N2O4. The average molecular weight is 421 g/mol. The van der Waals surface area contributed by atoms with Crippen LogP contribution in [0, 0.1) is 6.92 Å². The van der Waals surface area contributed by atoms with Gasteiger partial charge in [-0.1, -0.05) is 19.1 Å². The van der Waals surface area contributed by atoms with Crippen molar-refractivity contribution in [2.75, 3.05) is 19.0 Å². The number of nitrogens with one attached hydrogen (secondary N) is 1. The van der Waals surface area contributed by atoms with E-state index in [1.54, 1.807) is 37.4 Å². The topological polar surface area (TPSA) is 69.7 Å². The number of benzene rings is 2. The summed E-state index contributed by atoms with van der Waals surface area (Å²) in [4.78, 5) is 17.3. The van der Waals surface area contributed by atoms with Gasteiger partial charge in [0, 0.05) is 12.3 Å². The number of methoxy groups -OCH3 is 1. The zero-order valence-electron chi connectivity index (χ0n) is 18.3. The first-order valence-corrected chi connectivity index (χ1v) is 10.3. The van der Waals surface area contributed by atoms with Crippen molar-refractivity contribution in [2.45, 2.75) is 33.3 Å². The Balaban J connectivity index is 1.65.